The van der Waals surface area contributed by atoms with Crippen LogP contribution in [0.2, 0.25) is 0 Å². The zero-order chi connectivity index (χ0) is 20.4. The van der Waals surface area contributed by atoms with Crippen molar-refractivity contribution in [3.05, 3.63) is 47.0 Å². The number of fused-ring (bicyclic) bond motifs is 3. The van der Waals surface area contributed by atoms with Crippen LogP contribution in [-0.2, 0) is 11.3 Å². The van der Waals surface area contributed by atoms with E-state index in [1.54, 1.807) is 12.3 Å². The van der Waals surface area contributed by atoms with E-state index in [0.29, 0.717) is 29.8 Å². The highest BCUT2D eigenvalue weighted by atomic mass is 16.2. The maximum absolute atomic E-state index is 12.9. The van der Waals surface area contributed by atoms with E-state index in [4.69, 9.17) is 0 Å². The number of piperidine rings is 1. The molecule has 4 rings (SSSR count). The Morgan fingerprint density at radius 3 is 2.72 bits per heavy atom. The van der Waals surface area contributed by atoms with Crippen molar-refractivity contribution in [3.8, 4) is 0 Å². The SMILES string of the molecule is C[C@@H]1CCC[C@H](C)N1CCCNC(=O)Cn1c(=O)c2cccn2c2cccnc21. The molecule has 2 atom stereocenters. The first-order valence-electron chi connectivity index (χ1n) is 10.5. The van der Waals surface area contributed by atoms with E-state index in [1.807, 2.05) is 28.8 Å². The second-order valence-electron chi connectivity index (χ2n) is 8.07. The number of nitrogens with one attached hydrogen (secondary N) is 1. The Hall–Kier alpha value is -2.67. The van der Waals surface area contributed by atoms with Crippen molar-refractivity contribution in [3.63, 3.8) is 0 Å². The van der Waals surface area contributed by atoms with E-state index in [9.17, 15) is 9.59 Å². The molecule has 0 saturated carbocycles. The summed E-state index contributed by atoms with van der Waals surface area (Å²) in [5.41, 5.74) is 1.68. The predicted molar refractivity (Wildman–Crippen MR) is 114 cm³/mol. The van der Waals surface area contributed by atoms with Gasteiger partial charge in [-0.1, -0.05) is 6.42 Å². The van der Waals surface area contributed by atoms with Crippen molar-refractivity contribution in [1.82, 2.24) is 24.2 Å². The van der Waals surface area contributed by atoms with Gasteiger partial charge in [-0.15, -0.1) is 0 Å². The van der Waals surface area contributed by atoms with E-state index < -0.39 is 0 Å². The van der Waals surface area contributed by atoms with Crippen molar-refractivity contribution in [1.29, 1.82) is 0 Å². The fraction of sp³-hybridized carbons (Fsp3) is 0.500. The summed E-state index contributed by atoms with van der Waals surface area (Å²) < 4.78 is 3.29. The average Bonchev–Trinajstić information content (AvgIpc) is 3.20. The molecular weight excluding hydrogens is 366 g/mol. The van der Waals surface area contributed by atoms with Crippen LogP contribution in [0.25, 0.3) is 16.7 Å². The minimum Gasteiger partial charge on any atom is -0.354 e. The summed E-state index contributed by atoms with van der Waals surface area (Å²) in [4.78, 5) is 32.3. The number of likely N-dealkylation sites (tertiary alicyclic amines) is 1. The molecule has 1 aliphatic heterocycles. The van der Waals surface area contributed by atoms with E-state index in [0.717, 1.165) is 18.5 Å². The number of hydrogen-bond acceptors (Lipinski definition) is 4. The van der Waals surface area contributed by atoms with Crippen molar-refractivity contribution >= 4 is 22.6 Å². The first-order chi connectivity index (χ1) is 14.1. The number of amides is 1. The smallest absolute Gasteiger partial charge is 0.276 e. The zero-order valence-corrected chi connectivity index (χ0v) is 17.2. The molecule has 154 valence electrons. The number of hydrogen-bond donors (Lipinski definition) is 1. The van der Waals surface area contributed by atoms with Gasteiger partial charge in [0.05, 0.1) is 5.52 Å². The Labute approximate surface area is 170 Å². The molecular formula is C22H29N5O2. The molecule has 0 aromatic carbocycles. The standard InChI is InChI=1S/C22H29N5O2/c1-16-7-3-8-17(2)25(16)14-6-12-23-20(28)15-27-21-18(9-4-11-24-21)26-13-5-10-19(26)22(27)29/h4-5,9-11,13,16-17H,3,6-8,12,14-15H2,1-2H3,(H,23,28)/t16-,17+. The second kappa shape index (κ2) is 8.37. The predicted octanol–water partition coefficient (Wildman–Crippen LogP) is 2.42. The van der Waals surface area contributed by atoms with Crippen LogP contribution < -0.4 is 10.9 Å². The zero-order valence-electron chi connectivity index (χ0n) is 17.2. The van der Waals surface area contributed by atoms with E-state index in [1.165, 1.54) is 23.8 Å². The van der Waals surface area contributed by atoms with Gasteiger partial charge in [-0.05, 0) is 57.4 Å². The van der Waals surface area contributed by atoms with Crippen molar-refractivity contribution in [2.45, 2.75) is 58.2 Å². The van der Waals surface area contributed by atoms with Gasteiger partial charge < -0.3 is 9.72 Å². The van der Waals surface area contributed by atoms with Crippen LogP contribution in [0.4, 0.5) is 0 Å². The van der Waals surface area contributed by atoms with Gasteiger partial charge in [-0.25, -0.2) is 4.98 Å². The quantitative estimate of drug-likeness (QED) is 0.651. The Bertz CT molecular complexity index is 1060. The van der Waals surface area contributed by atoms with Crippen LogP contribution in [0.15, 0.2) is 41.5 Å². The molecule has 1 saturated heterocycles. The summed E-state index contributed by atoms with van der Waals surface area (Å²) in [5, 5.41) is 2.97. The maximum atomic E-state index is 12.9. The lowest BCUT2D eigenvalue weighted by Gasteiger charge is -2.39. The normalized spacial score (nSPS) is 20.3. The fourth-order valence-electron chi connectivity index (χ4n) is 4.54. The molecule has 4 heterocycles. The van der Waals surface area contributed by atoms with Gasteiger partial charge in [-0.2, -0.15) is 0 Å². The second-order valence-corrected chi connectivity index (χ2v) is 8.07. The third kappa shape index (κ3) is 3.92. The molecule has 7 nitrogen and oxygen atoms in total. The van der Waals surface area contributed by atoms with Crippen LogP contribution in [-0.4, -0.2) is 49.9 Å². The summed E-state index contributed by atoms with van der Waals surface area (Å²) in [6.45, 7) is 6.16. The number of nitrogens with zero attached hydrogens (tertiary/aromatic N) is 4. The first-order valence-corrected chi connectivity index (χ1v) is 10.5. The molecule has 1 N–H and O–H groups in total. The van der Waals surface area contributed by atoms with Gasteiger partial charge in [0, 0.05) is 37.6 Å². The molecule has 3 aromatic heterocycles. The number of carbonyl (C=O) groups is 1. The minimum atomic E-state index is -0.202. The van der Waals surface area contributed by atoms with Crippen molar-refractivity contribution in [2.24, 2.45) is 0 Å². The van der Waals surface area contributed by atoms with Gasteiger partial charge in [-0.3, -0.25) is 19.1 Å². The van der Waals surface area contributed by atoms with Crippen molar-refractivity contribution < 1.29 is 4.79 Å². The molecule has 0 aliphatic carbocycles. The highest BCUT2D eigenvalue weighted by Crippen LogP contribution is 2.22. The number of pyridine rings is 1. The lowest BCUT2D eigenvalue weighted by Crippen LogP contribution is -2.45. The molecule has 0 spiro atoms. The van der Waals surface area contributed by atoms with Gasteiger partial charge in [0.1, 0.15) is 12.1 Å². The first kappa shape index (κ1) is 19.6. The number of rotatable bonds is 6. The Morgan fingerprint density at radius 2 is 1.93 bits per heavy atom. The highest BCUT2D eigenvalue weighted by Gasteiger charge is 2.23. The highest BCUT2D eigenvalue weighted by molar-refractivity contribution is 5.80. The molecule has 0 radical (unpaired) electrons. The number of carbonyl (C=O) groups excluding carboxylic acids is 1. The van der Waals surface area contributed by atoms with E-state index in [-0.39, 0.29) is 18.0 Å². The van der Waals surface area contributed by atoms with E-state index in [2.05, 4.69) is 29.0 Å². The summed E-state index contributed by atoms with van der Waals surface area (Å²) >= 11 is 0. The minimum absolute atomic E-state index is 0.0233. The summed E-state index contributed by atoms with van der Waals surface area (Å²) in [5.74, 6) is -0.158. The summed E-state index contributed by atoms with van der Waals surface area (Å²) in [6.07, 6.45) is 8.20. The molecule has 1 aliphatic rings. The monoisotopic (exact) mass is 395 g/mol. The van der Waals surface area contributed by atoms with Crippen LogP contribution in [0.5, 0.6) is 0 Å². The Balaban J connectivity index is 1.41. The summed E-state index contributed by atoms with van der Waals surface area (Å²) in [7, 11) is 0. The lowest BCUT2D eigenvalue weighted by molar-refractivity contribution is -0.121. The number of aromatic nitrogens is 3. The molecule has 0 bridgehead atoms. The van der Waals surface area contributed by atoms with Gasteiger partial charge in [0.15, 0.2) is 5.65 Å². The average molecular weight is 396 g/mol. The van der Waals surface area contributed by atoms with Crippen LogP contribution in [0.1, 0.15) is 39.5 Å². The van der Waals surface area contributed by atoms with Crippen molar-refractivity contribution in [2.75, 3.05) is 13.1 Å². The molecule has 1 fully saturated rings. The maximum Gasteiger partial charge on any atom is 0.276 e. The molecule has 29 heavy (non-hydrogen) atoms. The molecule has 1 amide bonds. The third-order valence-electron chi connectivity index (χ3n) is 6.09. The molecule has 3 aromatic rings. The fourth-order valence-corrected chi connectivity index (χ4v) is 4.54. The van der Waals surface area contributed by atoms with Crippen LogP contribution in [0, 0.1) is 0 Å². The topological polar surface area (TPSA) is 71.6 Å². The molecule has 7 heteroatoms. The van der Waals surface area contributed by atoms with Crippen LogP contribution >= 0.6 is 0 Å². The lowest BCUT2D eigenvalue weighted by atomic mass is 9.97. The van der Waals surface area contributed by atoms with Gasteiger partial charge in [0.25, 0.3) is 5.56 Å². The van der Waals surface area contributed by atoms with Gasteiger partial charge in [0.2, 0.25) is 5.91 Å². The Morgan fingerprint density at radius 1 is 1.17 bits per heavy atom. The summed E-state index contributed by atoms with van der Waals surface area (Å²) in [6, 6.07) is 8.56. The third-order valence-corrected chi connectivity index (χ3v) is 6.09. The van der Waals surface area contributed by atoms with E-state index >= 15 is 0 Å². The van der Waals surface area contributed by atoms with Crippen LogP contribution in [0.3, 0.4) is 0 Å². The largest absolute Gasteiger partial charge is 0.354 e. The Kier molecular flexibility index (Phi) is 5.67. The molecule has 0 unspecified atom stereocenters. The van der Waals surface area contributed by atoms with Gasteiger partial charge >= 0.3 is 0 Å².